The first-order valence-electron chi connectivity index (χ1n) is 14.5. The van der Waals surface area contributed by atoms with Crippen LogP contribution in [0.15, 0.2) is 0 Å². The largest absolute Gasteiger partial charge is 1.00 e. The van der Waals surface area contributed by atoms with E-state index in [0.29, 0.717) is 6.42 Å². The maximum atomic E-state index is 10.5. The fourth-order valence-corrected chi connectivity index (χ4v) is 4.72. The minimum Gasteiger partial charge on any atom is -1.00 e. The Balaban J connectivity index is 0. The van der Waals surface area contributed by atoms with E-state index in [4.69, 9.17) is 5.11 Å². The van der Waals surface area contributed by atoms with Crippen LogP contribution in [0, 0.1) is 0 Å². The van der Waals surface area contributed by atoms with Crippen molar-refractivity contribution in [1.82, 2.24) is 0 Å². The number of nitrogens with zero attached hydrogens (tertiary/aromatic N) is 1. The molecule has 0 spiro atoms. The molecule has 0 radical (unpaired) electrons. The summed E-state index contributed by atoms with van der Waals surface area (Å²) in [6, 6.07) is 0. The summed E-state index contributed by atoms with van der Waals surface area (Å²) in [4.78, 5) is 10.5. The number of quaternary nitrogens is 1. The van der Waals surface area contributed by atoms with Crippen LogP contribution < -0.4 is 17.0 Å². The van der Waals surface area contributed by atoms with Gasteiger partial charge < -0.3 is 26.6 Å². The van der Waals surface area contributed by atoms with Crippen LogP contribution in [0.4, 0.5) is 0 Å². The summed E-state index contributed by atoms with van der Waals surface area (Å²) >= 11 is 0. The van der Waals surface area contributed by atoms with Gasteiger partial charge in [-0.2, -0.15) is 0 Å². The predicted molar refractivity (Wildman–Crippen MR) is 141 cm³/mol. The predicted octanol–water partition coefficient (Wildman–Crippen LogP) is 6.14. The number of unbranched alkanes of at least 4 members (excludes halogenated alkanes) is 20. The standard InChI is InChI=1S/C29H59NO2.BrH/c1-4-5-6-7-8-9-10-11-12-13-15-18-21-24-27-30(2,3)28-25-22-19-16-14-17-20-23-26-29(31)32;/h4-28H2,1-3H3;1H. The lowest BCUT2D eigenvalue weighted by molar-refractivity contribution is -0.890. The number of hydrogen-bond donors (Lipinski definition) is 1. The molecular weight excluding hydrogens is 474 g/mol. The van der Waals surface area contributed by atoms with E-state index < -0.39 is 5.97 Å². The van der Waals surface area contributed by atoms with Crippen LogP contribution in [0.2, 0.25) is 0 Å². The van der Waals surface area contributed by atoms with Gasteiger partial charge in [0.15, 0.2) is 0 Å². The van der Waals surface area contributed by atoms with Crippen molar-refractivity contribution in [1.29, 1.82) is 0 Å². The van der Waals surface area contributed by atoms with Crippen LogP contribution in [-0.2, 0) is 4.79 Å². The summed E-state index contributed by atoms with van der Waals surface area (Å²) in [5.41, 5.74) is 0. The molecular formula is C29H60BrNO2. The zero-order valence-corrected chi connectivity index (χ0v) is 24.4. The van der Waals surface area contributed by atoms with E-state index in [1.165, 1.54) is 146 Å². The van der Waals surface area contributed by atoms with E-state index in [9.17, 15) is 4.79 Å². The van der Waals surface area contributed by atoms with Gasteiger partial charge in [0.25, 0.3) is 0 Å². The maximum absolute atomic E-state index is 10.5. The highest BCUT2D eigenvalue weighted by Crippen LogP contribution is 2.15. The van der Waals surface area contributed by atoms with Gasteiger partial charge in [0.2, 0.25) is 0 Å². The highest BCUT2D eigenvalue weighted by molar-refractivity contribution is 5.66. The summed E-state index contributed by atoms with van der Waals surface area (Å²) in [7, 11) is 4.81. The van der Waals surface area contributed by atoms with E-state index in [0.717, 1.165) is 12.8 Å². The van der Waals surface area contributed by atoms with Gasteiger partial charge in [-0.15, -0.1) is 0 Å². The SMILES string of the molecule is CCCCCCCCCCCCCCCC[N+](C)(C)CCCCCCCCCCC(=O)O.[Br-]. The Labute approximate surface area is 218 Å². The Hall–Kier alpha value is -0.0900. The average molecular weight is 535 g/mol. The lowest BCUT2D eigenvalue weighted by Crippen LogP contribution is -3.00. The molecule has 3 nitrogen and oxygen atoms in total. The molecule has 0 aromatic carbocycles. The first-order chi connectivity index (χ1) is 15.5. The molecule has 0 aliphatic rings. The van der Waals surface area contributed by atoms with Gasteiger partial charge in [0.05, 0.1) is 27.2 Å². The van der Waals surface area contributed by atoms with E-state index in [1.54, 1.807) is 0 Å². The van der Waals surface area contributed by atoms with Crippen molar-refractivity contribution < 1.29 is 31.4 Å². The van der Waals surface area contributed by atoms with E-state index in [2.05, 4.69) is 21.0 Å². The summed E-state index contributed by atoms with van der Waals surface area (Å²) in [5.74, 6) is -0.653. The number of rotatable bonds is 26. The third kappa shape index (κ3) is 29.9. The van der Waals surface area contributed by atoms with Gasteiger partial charge >= 0.3 is 5.97 Å². The Kier molecular flexibility index (Phi) is 28.2. The molecule has 0 aliphatic carbocycles. The lowest BCUT2D eigenvalue weighted by Gasteiger charge is -2.30. The molecule has 0 fully saturated rings. The number of hydrogen-bond acceptors (Lipinski definition) is 1. The molecule has 0 aliphatic heterocycles. The van der Waals surface area contributed by atoms with Gasteiger partial charge in [0, 0.05) is 6.42 Å². The van der Waals surface area contributed by atoms with Crippen LogP contribution in [-0.4, -0.2) is 42.7 Å². The average Bonchev–Trinajstić information content (AvgIpc) is 2.75. The second-order valence-corrected chi connectivity index (χ2v) is 11.0. The highest BCUT2D eigenvalue weighted by Gasteiger charge is 2.13. The molecule has 200 valence electrons. The van der Waals surface area contributed by atoms with Crippen molar-refractivity contribution >= 4 is 5.97 Å². The monoisotopic (exact) mass is 533 g/mol. The molecule has 0 aromatic rings. The fourth-order valence-electron chi connectivity index (χ4n) is 4.72. The molecule has 0 bridgehead atoms. The topological polar surface area (TPSA) is 37.3 Å². The summed E-state index contributed by atoms with van der Waals surface area (Å²) in [6.07, 6.45) is 30.3. The molecule has 0 saturated heterocycles. The quantitative estimate of drug-likeness (QED) is 0.107. The molecule has 33 heavy (non-hydrogen) atoms. The first-order valence-corrected chi connectivity index (χ1v) is 14.5. The second-order valence-electron chi connectivity index (χ2n) is 11.0. The van der Waals surface area contributed by atoms with E-state index in [-0.39, 0.29) is 17.0 Å². The zero-order valence-electron chi connectivity index (χ0n) is 22.9. The Morgan fingerprint density at radius 3 is 1.09 bits per heavy atom. The minimum atomic E-state index is -0.653. The molecule has 1 N–H and O–H groups in total. The van der Waals surface area contributed by atoms with Crippen molar-refractivity contribution in [3.05, 3.63) is 0 Å². The van der Waals surface area contributed by atoms with Gasteiger partial charge in [-0.25, -0.2) is 0 Å². The molecule has 0 aromatic heterocycles. The number of carboxylic acid groups (broad SMARTS) is 1. The van der Waals surface area contributed by atoms with E-state index >= 15 is 0 Å². The zero-order chi connectivity index (χ0) is 23.8. The minimum absolute atomic E-state index is 0. The van der Waals surface area contributed by atoms with Gasteiger partial charge in [-0.3, -0.25) is 4.79 Å². The number of carbonyl (C=O) groups is 1. The summed E-state index contributed by atoms with van der Waals surface area (Å²) < 4.78 is 1.19. The second kappa shape index (κ2) is 26.5. The van der Waals surface area contributed by atoms with Crippen LogP contribution >= 0.6 is 0 Å². The van der Waals surface area contributed by atoms with Crippen molar-refractivity contribution in [3.63, 3.8) is 0 Å². The Bertz CT molecular complexity index is 401. The third-order valence-electron chi connectivity index (χ3n) is 7.02. The fraction of sp³-hybridized carbons (Fsp3) is 0.966. The van der Waals surface area contributed by atoms with Crippen LogP contribution in [0.25, 0.3) is 0 Å². The molecule has 0 amide bonds. The molecule has 0 saturated carbocycles. The smallest absolute Gasteiger partial charge is 0.303 e. The Morgan fingerprint density at radius 1 is 0.515 bits per heavy atom. The third-order valence-corrected chi connectivity index (χ3v) is 7.02. The van der Waals surface area contributed by atoms with Crippen LogP contribution in [0.3, 0.4) is 0 Å². The van der Waals surface area contributed by atoms with Gasteiger partial charge in [-0.1, -0.05) is 116 Å². The van der Waals surface area contributed by atoms with Crippen molar-refractivity contribution in [2.75, 3.05) is 27.2 Å². The van der Waals surface area contributed by atoms with Gasteiger partial charge in [0.1, 0.15) is 0 Å². The number of carboxylic acids is 1. The van der Waals surface area contributed by atoms with Crippen molar-refractivity contribution in [2.45, 2.75) is 155 Å². The molecule has 0 heterocycles. The molecule has 0 atom stereocenters. The summed E-state index contributed by atoms with van der Waals surface area (Å²) in [6.45, 7) is 4.95. The van der Waals surface area contributed by atoms with Crippen molar-refractivity contribution in [3.8, 4) is 0 Å². The molecule has 0 rings (SSSR count). The van der Waals surface area contributed by atoms with Crippen molar-refractivity contribution in [2.24, 2.45) is 0 Å². The first kappa shape index (κ1) is 35.1. The van der Waals surface area contributed by atoms with E-state index in [1.807, 2.05) is 0 Å². The maximum Gasteiger partial charge on any atom is 0.303 e. The Morgan fingerprint density at radius 2 is 0.788 bits per heavy atom. The number of halogens is 1. The molecule has 4 heteroatoms. The van der Waals surface area contributed by atoms with Crippen LogP contribution in [0.5, 0.6) is 0 Å². The van der Waals surface area contributed by atoms with Crippen LogP contribution in [0.1, 0.15) is 155 Å². The molecule has 0 unspecified atom stereocenters. The highest BCUT2D eigenvalue weighted by atomic mass is 79.9. The number of aliphatic carboxylic acids is 1. The summed E-state index contributed by atoms with van der Waals surface area (Å²) in [5, 5.41) is 8.64. The normalized spacial score (nSPS) is 11.5. The lowest BCUT2D eigenvalue weighted by atomic mass is 10.0. The van der Waals surface area contributed by atoms with Gasteiger partial charge in [-0.05, 0) is 32.1 Å².